The van der Waals surface area contributed by atoms with Gasteiger partial charge in [0.2, 0.25) is 0 Å². The third kappa shape index (κ3) is 9.31. The first-order valence-electron chi connectivity index (χ1n) is 1.13. The quantitative estimate of drug-likeness (QED) is 0.208. The molecule has 0 atom stereocenters. The van der Waals surface area contributed by atoms with E-state index >= 15 is 0 Å². The van der Waals surface area contributed by atoms with E-state index in [0.29, 0.717) is 6.08 Å². The summed E-state index contributed by atoms with van der Waals surface area (Å²) >= 11 is 0. The molecule has 0 aliphatic heterocycles. The Bertz CT molecular complexity index is 188. The maximum atomic E-state index is 9.36. The molecule has 1 radical (unpaired) electrons. The van der Waals surface area contributed by atoms with Gasteiger partial charge in [-0.25, -0.2) is 4.79 Å². The fourth-order valence-corrected chi connectivity index (χ4v) is 0.141. The largest absolute Gasteiger partial charge is 0.388 e. The van der Waals surface area contributed by atoms with Crippen LogP contribution in [-0.2, 0) is 15.1 Å². The van der Waals surface area contributed by atoms with Crippen molar-refractivity contribution in [3.8, 4) is 0 Å². The van der Waals surface area contributed by atoms with Gasteiger partial charge >= 0.3 is 10.3 Å². The van der Waals surface area contributed by atoms with Crippen LogP contribution >= 0.6 is 0 Å². The summed E-state index contributed by atoms with van der Waals surface area (Å²) in [5.41, 5.74) is 0. The van der Waals surface area contributed by atoms with Crippen LogP contribution in [0.2, 0.25) is 0 Å². The van der Waals surface area contributed by atoms with E-state index in [2.05, 4.69) is 0 Å². The molecule has 0 aromatic carbocycles. The first-order chi connectivity index (χ1) is 3.06. The summed E-state index contributed by atoms with van der Waals surface area (Å²) in [6.45, 7) is 0. The standard InChI is InChI=1S/CHNO4S.Li/c3-1-2-7(4,5)6;/h(H,4,5,6);. The number of carbonyl (C=O) groups excluding carboxylic acids is 1. The van der Waals surface area contributed by atoms with Crippen LogP contribution in [0.1, 0.15) is 0 Å². The maximum absolute atomic E-state index is 9.36. The molecule has 0 aliphatic carbocycles. The molecule has 0 heterocycles. The van der Waals surface area contributed by atoms with Gasteiger partial charge in [0.15, 0.2) is 0 Å². The zero-order chi connectivity index (χ0) is 5.91. The Labute approximate surface area is 57.9 Å². The Morgan fingerprint density at radius 1 is 1.50 bits per heavy atom. The van der Waals surface area contributed by atoms with Crippen LogP contribution in [-0.4, -0.2) is 37.9 Å². The average Bonchev–Trinajstić information content (AvgIpc) is 1.30. The van der Waals surface area contributed by atoms with E-state index in [1.165, 1.54) is 0 Å². The molecule has 0 aromatic heterocycles. The molecule has 0 saturated carbocycles. The third-order valence-corrected chi connectivity index (χ3v) is 0.458. The van der Waals surface area contributed by atoms with Gasteiger partial charge in [-0.05, 0) is 0 Å². The van der Waals surface area contributed by atoms with Crippen LogP contribution in [0.5, 0.6) is 0 Å². The van der Waals surface area contributed by atoms with Crippen LogP contribution in [0.15, 0.2) is 4.40 Å². The van der Waals surface area contributed by atoms with Crippen molar-refractivity contribution in [1.29, 1.82) is 0 Å². The van der Waals surface area contributed by atoms with Crippen molar-refractivity contribution >= 4 is 35.2 Å². The summed E-state index contributed by atoms with van der Waals surface area (Å²) in [5.74, 6) is 0. The third-order valence-electron chi connectivity index (χ3n) is 0.153. The molecular weight excluding hydrogens is 129 g/mol. The Balaban J connectivity index is 0. The van der Waals surface area contributed by atoms with Gasteiger partial charge in [0.25, 0.3) is 6.08 Å². The molecule has 0 amide bonds. The van der Waals surface area contributed by atoms with Crippen molar-refractivity contribution in [2.45, 2.75) is 0 Å². The number of nitrogens with zero attached hydrogens (tertiary/aromatic N) is 1. The Morgan fingerprint density at radius 2 is 1.88 bits per heavy atom. The van der Waals surface area contributed by atoms with Gasteiger partial charge in [-0.15, -0.1) is 0 Å². The molecule has 1 N–H and O–H groups in total. The van der Waals surface area contributed by atoms with E-state index in [1.54, 1.807) is 0 Å². The van der Waals surface area contributed by atoms with E-state index in [-0.39, 0.29) is 18.9 Å². The summed E-state index contributed by atoms with van der Waals surface area (Å²) in [4.78, 5) is 8.99. The number of rotatable bonds is 1. The van der Waals surface area contributed by atoms with E-state index < -0.39 is 10.3 Å². The van der Waals surface area contributed by atoms with E-state index in [0.717, 1.165) is 0 Å². The second kappa shape index (κ2) is 3.84. The van der Waals surface area contributed by atoms with Crippen molar-refractivity contribution in [3.05, 3.63) is 0 Å². The van der Waals surface area contributed by atoms with Crippen LogP contribution in [0, 0.1) is 0 Å². The van der Waals surface area contributed by atoms with Gasteiger partial charge in [0, 0.05) is 18.9 Å². The fraction of sp³-hybridized carbons (Fsp3) is 0. The predicted molar refractivity (Wildman–Crippen MR) is 25.4 cm³/mol. The zero-order valence-electron chi connectivity index (χ0n) is 4.03. The summed E-state index contributed by atoms with van der Waals surface area (Å²) in [6, 6.07) is 0. The van der Waals surface area contributed by atoms with Gasteiger partial charge in [0.05, 0.1) is 0 Å². The first-order valence-corrected chi connectivity index (χ1v) is 2.52. The molecule has 0 bridgehead atoms. The smallest absolute Gasteiger partial charge is 0.267 e. The SMILES string of the molecule is O=C=NS(=O)(=O)O.[Li]. The van der Waals surface area contributed by atoms with E-state index in [1.807, 2.05) is 4.40 Å². The van der Waals surface area contributed by atoms with Crippen molar-refractivity contribution < 1.29 is 17.8 Å². The van der Waals surface area contributed by atoms with Crippen LogP contribution < -0.4 is 0 Å². The van der Waals surface area contributed by atoms with Gasteiger partial charge < -0.3 is 0 Å². The Morgan fingerprint density at radius 3 is 1.88 bits per heavy atom. The zero-order valence-corrected chi connectivity index (χ0v) is 4.84. The minimum absolute atomic E-state index is 0. The number of hydrogen-bond donors (Lipinski definition) is 1. The van der Waals surface area contributed by atoms with Gasteiger partial charge in [-0.2, -0.15) is 8.42 Å². The maximum Gasteiger partial charge on any atom is 0.388 e. The van der Waals surface area contributed by atoms with Crippen LogP contribution in [0.25, 0.3) is 0 Å². The molecule has 0 fully saturated rings. The molecule has 0 aromatic rings. The summed E-state index contributed by atoms with van der Waals surface area (Å²) < 4.78 is 28.3. The van der Waals surface area contributed by atoms with Crippen LogP contribution in [0.3, 0.4) is 0 Å². The second-order valence-corrected chi connectivity index (χ2v) is 1.71. The van der Waals surface area contributed by atoms with Gasteiger partial charge in [-0.3, -0.25) is 4.55 Å². The first kappa shape index (κ1) is 10.8. The summed E-state index contributed by atoms with van der Waals surface area (Å²) in [6.07, 6.45) is 0.645. The minimum atomic E-state index is -4.47. The summed E-state index contributed by atoms with van der Waals surface area (Å²) in [7, 11) is -4.47. The molecule has 41 valence electrons. The van der Waals surface area contributed by atoms with Crippen molar-refractivity contribution in [2.75, 3.05) is 0 Å². The van der Waals surface area contributed by atoms with Crippen molar-refractivity contribution in [3.63, 3.8) is 0 Å². The molecule has 7 heteroatoms. The van der Waals surface area contributed by atoms with Crippen LogP contribution in [0.4, 0.5) is 0 Å². The minimum Gasteiger partial charge on any atom is -0.267 e. The molecule has 0 saturated heterocycles. The van der Waals surface area contributed by atoms with Crippen molar-refractivity contribution in [2.24, 2.45) is 4.40 Å². The Kier molecular flexibility index (Phi) is 5.18. The molecule has 0 rings (SSSR count). The average molecular weight is 130 g/mol. The van der Waals surface area contributed by atoms with Gasteiger partial charge in [0.1, 0.15) is 0 Å². The normalized spacial score (nSPS) is 8.62. The molecular formula is CHLiNO4S. The molecule has 5 nitrogen and oxygen atoms in total. The monoisotopic (exact) mass is 130 g/mol. The van der Waals surface area contributed by atoms with Gasteiger partial charge in [-0.1, -0.05) is 4.40 Å². The topological polar surface area (TPSA) is 83.8 Å². The molecule has 0 spiro atoms. The number of hydrogen-bond acceptors (Lipinski definition) is 3. The van der Waals surface area contributed by atoms with E-state index in [4.69, 9.17) is 9.35 Å². The molecule has 8 heavy (non-hydrogen) atoms. The Hall–Kier alpha value is -0.113. The number of isocyanates is 1. The predicted octanol–water partition coefficient (Wildman–Crippen LogP) is -1.26. The second-order valence-electron chi connectivity index (χ2n) is 0.630. The molecule has 0 unspecified atom stereocenters. The molecule has 0 aliphatic rings. The van der Waals surface area contributed by atoms with Crippen molar-refractivity contribution in [1.82, 2.24) is 0 Å². The summed E-state index contributed by atoms with van der Waals surface area (Å²) in [5, 5.41) is 0. The fourth-order valence-electron chi connectivity index (χ4n) is 0.0471. The van der Waals surface area contributed by atoms with E-state index in [9.17, 15) is 8.42 Å².